The lowest BCUT2D eigenvalue weighted by molar-refractivity contribution is -0.117. The molecule has 2 amide bonds. The number of piperazine rings is 1. The number of anilines is 2. The van der Waals surface area contributed by atoms with Gasteiger partial charge in [-0.25, -0.2) is 13.8 Å². The molecule has 1 saturated heterocycles. The normalized spacial score (nSPS) is 16.1. The van der Waals surface area contributed by atoms with Crippen LogP contribution in [-0.4, -0.2) is 66.4 Å². The van der Waals surface area contributed by atoms with Gasteiger partial charge >= 0.3 is 0 Å². The van der Waals surface area contributed by atoms with Crippen LogP contribution in [0, 0.1) is 11.6 Å². The number of carbonyl (C=O) groups is 2. The minimum absolute atomic E-state index is 0.00584. The molecule has 5 rings (SSSR count). The average molecular weight is 478 g/mol. The fraction of sp³-hybridized carbons (Fsp3) is 0.269. The van der Waals surface area contributed by atoms with E-state index in [4.69, 9.17) is 0 Å². The Hall–Kier alpha value is -3.85. The highest BCUT2D eigenvalue weighted by molar-refractivity contribution is 6.02. The third-order valence-electron chi connectivity index (χ3n) is 6.46. The minimum Gasteiger partial charge on any atom is -0.359 e. The molecule has 2 aliphatic heterocycles. The maximum Gasteiger partial charge on any atom is 0.253 e. The molecule has 3 heterocycles. The van der Waals surface area contributed by atoms with Gasteiger partial charge in [-0.05, 0) is 49.0 Å². The molecule has 7 nitrogen and oxygen atoms in total. The lowest BCUT2D eigenvalue weighted by atomic mass is 10.0. The quantitative estimate of drug-likeness (QED) is 0.624. The molecule has 2 aromatic carbocycles. The summed E-state index contributed by atoms with van der Waals surface area (Å²) in [6, 6.07) is 12.3. The van der Waals surface area contributed by atoms with Gasteiger partial charge in [0.1, 0.15) is 11.6 Å². The van der Waals surface area contributed by atoms with Crippen molar-refractivity contribution in [3.63, 3.8) is 0 Å². The van der Waals surface area contributed by atoms with Gasteiger partial charge in [-0.1, -0.05) is 12.1 Å². The molecule has 2 aliphatic rings. The number of halogens is 2. The number of likely N-dealkylation sites (N-methyl/N-ethyl adjacent to an activating group) is 1. The van der Waals surface area contributed by atoms with Crippen LogP contribution in [-0.2, 0) is 11.3 Å². The van der Waals surface area contributed by atoms with Gasteiger partial charge in [0.2, 0.25) is 5.91 Å². The first-order valence-corrected chi connectivity index (χ1v) is 11.5. The molecular weight excluding hydrogens is 452 g/mol. The Morgan fingerprint density at radius 2 is 1.74 bits per heavy atom. The van der Waals surface area contributed by atoms with Crippen LogP contribution in [0.15, 0.2) is 54.7 Å². The fourth-order valence-electron chi connectivity index (χ4n) is 4.35. The molecule has 1 fully saturated rings. The predicted molar refractivity (Wildman–Crippen MR) is 129 cm³/mol. The third kappa shape index (κ3) is 4.72. The maximum absolute atomic E-state index is 14.3. The van der Waals surface area contributed by atoms with Crippen LogP contribution in [0.5, 0.6) is 0 Å². The fourth-order valence-corrected chi connectivity index (χ4v) is 4.35. The summed E-state index contributed by atoms with van der Waals surface area (Å²) in [6.45, 7) is 3.02. The van der Waals surface area contributed by atoms with Gasteiger partial charge in [0.15, 0.2) is 5.82 Å². The first-order chi connectivity index (χ1) is 16.9. The second kappa shape index (κ2) is 9.42. The van der Waals surface area contributed by atoms with Crippen molar-refractivity contribution in [2.75, 3.05) is 50.0 Å². The molecule has 1 aromatic heterocycles. The van der Waals surface area contributed by atoms with Gasteiger partial charge in [0.05, 0.1) is 18.8 Å². The third-order valence-corrected chi connectivity index (χ3v) is 6.46. The SMILES string of the molecule is CN1CCN(C(=O)c2ccc(-c3cnc4c(c3)N(Cc3cc(F)ccc3F)C(=O)CN4)cc2)CC1. The zero-order valence-corrected chi connectivity index (χ0v) is 19.3. The Kier molecular flexibility index (Phi) is 6.17. The van der Waals surface area contributed by atoms with Crippen molar-refractivity contribution in [3.05, 3.63) is 77.5 Å². The monoisotopic (exact) mass is 477 g/mol. The molecule has 1 N–H and O–H groups in total. The number of aromatic nitrogens is 1. The van der Waals surface area contributed by atoms with E-state index in [1.165, 1.54) is 4.90 Å². The van der Waals surface area contributed by atoms with Gasteiger partial charge in [-0.15, -0.1) is 0 Å². The van der Waals surface area contributed by atoms with Crippen LogP contribution in [0.25, 0.3) is 11.1 Å². The van der Waals surface area contributed by atoms with Gasteiger partial charge in [-0.3, -0.25) is 9.59 Å². The van der Waals surface area contributed by atoms with Crippen LogP contribution >= 0.6 is 0 Å². The summed E-state index contributed by atoms with van der Waals surface area (Å²) in [5.74, 6) is -0.919. The lowest BCUT2D eigenvalue weighted by Crippen LogP contribution is -2.47. The van der Waals surface area contributed by atoms with Gasteiger partial charge in [0.25, 0.3) is 5.91 Å². The molecule has 35 heavy (non-hydrogen) atoms. The highest BCUT2D eigenvalue weighted by atomic mass is 19.1. The van der Waals surface area contributed by atoms with E-state index in [9.17, 15) is 18.4 Å². The van der Waals surface area contributed by atoms with Crippen molar-refractivity contribution in [2.45, 2.75) is 6.54 Å². The average Bonchev–Trinajstić information content (AvgIpc) is 2.87. The molecule has 0 spiro atoms. The number of hydrogen-bond acceptors (Lipinski definition) is 5. The van der Waals surface area contributed by atoms with E-state index in [0.29, 0.717) is 30.2 Å². The van der Waals surface area contributed by atoms with Crippen molar-refractivity contribution < 1.29 is 18.4 Å². The first kappa shape index (κ1) is 22.9. The van der Waals surface area contributed by atoms with E-state index >= 15 is 0 Å². The van der Waals surface area contributed by atoms with Crippen molar-refractivity contribution in [1.29, 1.82) is 0 Å². The Balaban J connectivity index is 1.40. The molecule has 3 aromatic rings. The van der Waals surface area contributed by atoms with Crippen molar-refractivity contribution >= 4 is 23.3 Å². The summed E-state index contributed by atoms with van der Waals surface area (Å²) in [4.78, 5) is 35.4. The molecule has 0 radical (unpaired) electrons. The number of rotatable bonds is 4. The molecule has 0 atom stereocenters. The molecule has 9 heteroatoms. The molecule has 0 saturated carbocycles. The van der Waals surface area contributed by atoms with E-state index < -0.39 is 11.6 Å². The number of nitrogens with one attached hydrogen (secondary N) is 1. The smallest absolute Gasteiger partial charge is 0.253 e. The van der Waals surface area contributed by atoms with Crippen LogP contribution in [0.4, 0.5) is 20.3 Å². The van der Waals surface area contributed by atoms with Crippen LogP contribution in [0.1, 0.15) is 15.9 Å². The second-order valence-corrected chi connectivity index (χ2v) is 8.83. The molecular formula is C26H25F2N5O2. The Labute approximate surface area is 202 Å². The first-order valence-electron chi connectivity index (χ1n) is 11.5. The number of nitrogens with zero attached hydrogens (tertiary/aromatic N) is 4. The van der Waals surface area contributed by atoms with E-state index in [-0.39, 0.29) is 30.5 Å². The van der Waals surface area contributed by atoms with Gasteiger partial charge in [0, 0.05) is 49.1 Å². The van der Waals surface area contributed by atoms with Crippen LogP contribution in [0.2, 0.25) is 0 Å². The van der Waals surface area contributed by atoms with Crippen LogP contribution in [0.3, 0.4) is 0 Å². The highest BCUT2D eigenvalue weighted by Crippen LogP contribution is 2.33. The van der Waals surface area contributed by atoms with E-state index in [1.54, 1.807) is 24.4 Å². The minimum atomic E-state index is -0.580. The zero-order valence-electron chi connectivity index (χ0n) is 19.3. The molecule has 0 bridgehead atoms. The summed E-state index contributed by atoms with van der Waals surface area (Å²) < 4.78 is 27.9. The van der Waals surface area contributed by atoms with Crippen molar-refractivity contribution in [2.24, 2.45) is 0 Å². The molecule has 0 aliphatic carbocycles. The number of pyridine rings is 1. The number of benzene rings is 2. The summed E-state index contributed by atoms with van der Waals surface area (Å²) >= 11 is 0. The number of hydrogen-bond donors (Lipinski definition) is 1. The maximum atomic E-state index is 14.3. The lowest BCUT2D eigenvalue weighted by Gasteiger charge is -2.32. The summed E-state index contributed by atoms with van der Waals surface area (Å²) in [6.07, 6.45) is 1.68. The van der Waals surface area contributed by atoms with E-state index in [1.807, 2.05) is 24.1 Å². The van der Waals surface area contributed by atoms with Gasteiger partial charge < -0.3 is 20.0 Å². The summed E-state index contributed by atoms with van der Waals surface area (Å²) in [7, 11) is 2.04. The van der Waals surface area contributed by atoms with Crippen molar-refractivity contribution in [1.82, 2.24) is 14.8 Å². The predicted octanol–water partition coefficient (Wildman–Crippen LogP) is 3.37. The largest absolute Gasteiger partial charge is 0.359 e. The number of amides is 2. The highest BCUT2D eigenvalue weighted by Gasteiger charge is 2.27. The van der Waals surface area contributed by atoms with E-state index in [2.05, 4.69) is 15.2 Å². The Bertz CT molecular complexity index is 1270. The zero-order chi connectivity index (χ0) is 24.5. The van der Waals surface area contributed by atoms with Crippen molar-refractivity contribution in [3.8, 4) is 11.1 Å². The topological polar surface area (TPSA) is 68.8 Å². The van der Waals surface area contributed by atoms with Gasteiger partial charge in [-0.2, -0.15) is 0 Å². The molecule has 0 unspecified atom stereocenters. The summed E-state index contributed by atoms with van der Waals surface area (Å²) in [5, 5.41) is 2.97. The van der Waals surface area contributed by atoms with Crippen LogP contribution < -0.4 is 10.2 Å². The summed E-state index contributed by atoms with van der Waals surface area (Å²) in [5.41, 5.74) is 2.75. The number of fused-ring (bicyclic) bond motifs is 1. The second-order valence-electron chi connectivity index (χ2n) is 8.83. The standard InChI is InChI=1S/C26H25F2N5O2/c1-31-8-10-32(11-9-31)26(35)18-4-2-17(3-5-18)19-13-23-25(29-14-19)30-15-24(34)33(23)16-20-12-21(27)6-7-22(20)28/h2-7,12-14H,8-11,15-16H2,1H3,(H,29,30). The van der Waals surface area contributed by atoms with E-state index in [0.717, 1.165) is 42.4 Å². The number of carbonyl (C=O) groups excluding carboxylic acids is 2. The Morgan fingerprint density at radius 3 is 2.49 bits per heavy atom. The Morgan fingerprint density at radius 1 is 1.00 bits per heavy atom. The molecule has 180 valence electrons.